The zero-order valence-electron chi connectivity index (χ0n) is 16.4. The van der Waals surface area contributed by atoms with E-state index in [0.29, 0.717) is 18.4 Å². The van der Waals surface area contributed by atoms with Crippen LogP contribution in [-0.2, 0) is 11.3 Å². The SMILES string of the molecule is CCCCCN1CCC(c2ccc(F)cc2)C(COCc2ccccc2)C1. The summed E-state index contributed by atoms with van der Waals surface area (Å²) < 4.78 is 19.5. The van der Waals surface area contributed by atoms with Crippen LogP contribution in [0.2, 0.25) is 0 Å². The third-order valence-corrected chi connectivity index (χ3v) is 5.64. The normalized spacial score (nSPS) is 20.7. The molecule has 0 bridgehead atoms. The summed E-state index contributed by atoms with van der Waals surface area (Å²) in [7, 11) is 0. The summed E-state index contributed by atoms with van der Waals surface area (Å²) in [6, 6.07) is 17.4. The molecule has 0 aromatic heterocycles. The van der Waals surface area contributed by atoms with E-state index in [1.165, 1.54) is 36.9 Å². The van der Waals surface area contributed by atoms with Crippen molar-refractivity contribution in [3.05, 3.63) is 71.5 Å². The fraction of sp³-hybridized carbons (Fsp3) is 0.500. The maximum absolute atomic E-state index is 13.3. The van der Waals surface area contributed by atoms with E-state index < -0.39 is 0 Å². The molecule has 0 N–H and O–H groups in total. The van der Waals surface area contributed by atoms with Crippen molar-refractivity contribution >= 4 is 0 Å². The first kappa shape index (κ1) is 20.0. The van der Waals surface area contributed by atoms with Crippen molar-refractivity contribution in [3.8, 4) is 0 Å². The van der Waals surface area contributed by atoms with Crippen LogP contribution in [0.5, 0.6) is 0 Å². The van der Waals surface area contributed by atoms with Crippen LogP contribution in [0.15, 0.2) is 54.6 Å². The van der Waals surface area contributed by atoms with Crippen molar-refractivity contribution in [2.24, 2.45) is 5.92 Å². The van der Waals surface area contributed by atoms with Crippen molar-refractivity contribution in [2.45, 2.75) is 45.1 Å². The molecule has 1 heterocycles. The summed E-state index contributed by atoms with van der Waals surface area (Å²) in [5.41, 5.74) is 2.46. The molecule has 2 atom stereocenters. The Morgan fingerprint density at radius 1 is 1.04 bits per heavy atom. The van der Waals surface area contributed by atoms with Crippen LogP contribution < -0.4 is 0 Å². The van der Waals surface area contributed by atoms with Crippen molar-refractivity contribution in [1.29, 1.82) is 0 Å². The summed E-state index contributed by atoms with van der Waals surface area (Å²) in [6.07, 6.45) is 4.95. The Hall–Kier alpha value is -1.71. The van der Waals surface area contributed by atoms with Gasteiger partial charge in [0.2, 0.25) is 0 Å². The highest BCUT2D eigenvalue weighted by Gasteiger charge is 2.30. The van der Waals surface area contributed by atoms with E-state index in [1.54, 1.807) is 12.1 Å². The van der Waals surface area contributed by atoms with Crippen molar-refractivity contribution in [2.75, 3.05) is 26.2 Å². The minimum absolute atomic E-state index is 0.160. The van der Waals surface area contributed by atoms with E-state index in [0.717, 1.165) is 26.1 Å². The highest BCUT2D eigenvalue weighted by molar-refractivity contribution is 5.22. The fourth-order valence-electron chi connectivity index (χ4n) is 4.12. The Morgan fingerprint density at radius 3 is 2.56 bits per heavy atom. The number of nitrogens with zero attached hydrogens (tertiary/aromatic N) is 1. The second kappa shape index (κ2) is 10.6. The van der Waals surface area contributed by atoms with Crippen LogP contribution in [-0.4, -0.2) is 31.1 Å². The van der Waals surface area contributed by atoms with Gasteiger partial charge in [-0.3, -0.25) is 0 Å². The number of rotatable bonds is 9. The largest absolute Gasteiger partial charge is 0.376 e. The number of ether oxygens (including phenoxy) is 1. The monoisotopic (exact) mass is 369 g/mol. The lowest BCUT2D eigenvalue weighted by Crippen LogP contribution is -2.41. The summed E-state index contributed by atoms with van der Waals surface area (Å²) in [5.74, 6) is 0.742. The molecule has 0 spiro atoms. The van der Waals surface area contributed by atoms with E-state index >= 15 is 0 Å². The molecule has 2 aromatic rings. The van der Waals surface area contributed by atoms with Crippen LogP contribution in [0.3, 0.4) is 0 Å². The third kappa shape index (κ3) is 6.15. The molecule has 3 heteroatoms. The zero-order valence-corrected chi connectivity index (χ0v) is 16.4. The van der Waals surface area contributed by atoms with Gasteiger partial charge in [-0.25, -0.2) is 4.39 Å². The zero-order chi connectivity index (χ0) is 18.9. The summed E-state index contributed by atoms with van der Waals surface area (Å²) in [4.78, 5) is 2.59. The molecule has 0 radical (unpaired) electrons. The molecular formula is C24H32FNO. The van der Waals surface area contributed by atoms with E-state index in [9.17, 15) is 4.39 Å². The van der Waals surface area contributed by atoms with Gasteiger partial charge >= 0.3 is 0 Å². The number of unbranched alkanes of at least 4 members (excludes halogenated alkanes) is 2. The third-order valence-electron chi connectivity index (χ3n) is 5.64. The van der Waals surface area contributed by atoms with Crippen molar-refractivity contribution < 1.29 is 9.13 Å². The average molecular weight is 370 g/mol. The molecule has 0 amide bonds. The predicted molar refractivity (Wildman–Crippen MR) is 109 cm³/mol. The van der Waals surface area contributed by atoms with Gasteiger partial charge in [0, 0.05) is 12.5 Å². The lowest BCUT2D eigenvalue weighted by molar-refractivity contribution is 0.0403. The van der Waals surface area contributed by atoms with Gasteiger partial charge in [0.05, 0.1) is 13.2 Å². The second-order valence-electron chi connectivity index (χ2n) is 7.72. The van der Waals surface area contributed by atoms with Gasteiger partial charge in [0.1, 0.15) is 5.82 Å². The first-order chi connectivity index (χ1) is 13.3. The Kier molecular flexibility index (Phi) is 7.85. The maximum Gasteiger partial charge on any atom is 0.123 e. The molecule has 1 aliphatic rings. The van der Waals surface area contributed by atoms with Crippen LogP contribution in [0.1, 0.15) is 49.7 Å². The molecule has 0 saturated carbocycles. The number of hydrogen-bond donors (Lipinski definition) is 0. The maximum atomic E-state index is 13.3. The fourth-order valence-corrected chi connectivity index (χ4v) is 4.12. The van der Waals surface area contributed by atoms with E-state index in [-0.39, 0.29) is 5.82 Å². The van der Waals surface area contributed by atoms with Gasteiger partial charge in [-0.15, -0.1) is 0 Å². The molecule has 1 saturated heterocycles. The highest BCUT2D eigenvalue weighted by Crippen LogP contribution is 2.33. The summed E-state index contributed by atoms with van der Waals surface area (Å²) in [5, 5.41) is 0. The Balaban J connectivity index is 1.61. The molecular weight excluding hydrogens is 337 g/mol. The number of halogens is 1. The number of benzene rings is 2. The second-order valence-corrected chi connectivity index (χ2v) is 7.72. The van der Waals surface area contributed by atoms with Gasteiger partial charge < -0.3 is 9.64 Å². The minimum atomic E-state index is -0.160. The molecule has 1 fully saturated rings. The summed E-state index contributed by atoms with van der Waals surface area (Å²) >= 11 is 0. The topological polar surface area (TPSA) is 12.5 Å². The van der Waals surface area contributed by atoms with Crippen LogP contribution in [0.25, 0.3) is 0 Å². The lowest BCUT2D eigenvalue weighted by Gasteiger charge is -2.39. The van der Waals surface area contributed by atoms with Gasteiger partial charge in [0.15, 0.2) is 0 Å². The molecule has 146 valence electrons. The molecule has 1 aliphatic heterocycles. The van der Waals surface area contributed by atoms with E-state index in [2.05, 4.69) is 36.1 Å². The summed E-state index contributed by atoms with van der Waals surface area (Å²) in [6.45, 7) is 7.03. The number of piperidine rings is 1. The van der Waals surface area contributed by atoms with Crippen molar-refractivity contribution in [3.63, 3.8) is 0 Å². The molecule has 2 nitrogen and oxygen atoms in total. The lowest BCUT2D eigenvalue weighted by atomic mass is 9.80. The first-order valence-corrected chi connectivity index (χ1v) is 10.4. The van der Waals surface area contributed by atoms with Gasteiger partial charge in [0.25, 0.3) is 0 Å². The molecule has 2 unspecified atom stereocenters. The molecule has 0 aliphatic carbocycles. The minimum Gasteiger partial charge on any atom is -0.376 e. The highest BCUT2D eigenvalue weighted by atomic mass is 19.1. The smallest absolute Gasteiger partial charge is 0.123 e. The Bertz CT molecular complexity index is 658. The number of likely N-dealkylation sites (tertiary alicyclic amines) is 1. The van der Waals surface area contributed by atoms with Gasteiger partial charge in [-0.05, 0) is 55.1 Å². The first-order valence-electron chi connectivity index (χ1n) is 10.4. The van der Waals surface area contributed by atoms with E-state index in [4.69, 9.17) is 4.74 Å². The average Bonchev–Trinajstić information content (AvgIpc) is 2.70. The predicted octanol–water partition coefficient (Wildman–Crippen LogP) is 5.64. The van der Waals surface area contributed by atoms with Gasteiger partial charge in [-0.2, -0.15) is 0 Å². The van der Waals surface area contributed by atoms with Crippen LogP contribution >= 0.6 is 0 Å². The van der Waals surface area contributed by atoms with Gasteiger partial charge in [-0.1, -0.05) is 62.2 Å². The molecule has 3 rings (SSSR count). The number of hydrogen-bond acceptors (Lipinski definition) is 2. The Morgan fingerprint density at radius 2 is 1.81 bits per heavy atom. The van der Waals surface area contributed by atoms with E-state index in [1.807, 2.05) is 18.2 Å². The standard InChI is InChI=1S/C24H32FNO/c1-2-3-7-15-26-16-14-24(21-10-12-23(25)13-11-21)22(17-26)19-27-18-20-8-5-4-6-9-20/h4-6,8-13,22,24H,2-3,7,14-19H2,1H3. The van der Waals surface area contributed by atoms with Crippen molar-refractivity contribution in [1.82, 2.24) is 4.90 Å². The quantitative estimate of drug-likeness (QED) is 0.531. The molecule has 2 aromatic carbocycles. The molecule has 27 heavy (non-hydrogen) atoms. The Labute approximate surface area is 163 Å². The van der Waals surface area contributed by atoms with Crippen LogP contribution in [0.4, 0.5) is 4.39 Å². The van der Waals surface area contributed by atoms with Crippen LogP contribution in [0, 0.1) is 11.7 Å².